The first-order valence-electron chi connectivity index (χ1n) is 4.15. The molecule has 7 heteroatoms. The third-order valence-corrected chi connectivity index (χ3v) is 2.97. The Bertz CT molecular complexity index is 359. The zero-order chi connectivity index (χ0) is 11.6. The van der Waals surface area contributed by atoms with Crippen molar-refractivity contribution in [3.63, 3.8) is 0 Å². The van der Waals surface area contributed by atoms with E-state index < -0.39 is 0 Å². The Hall–Kier alpha value is -0.390. The first kappa shape index (κ1) is 12.7. The first-order chi connectivity index (χ1) is 6.97. The lowest BCUT2D eigenvalue weighted by Gasteiger charge is -2.22. The molecule has 0 fully saturated rings. The van der Waals surface area contributed by atoms with E-state index in [-0.39, 0.29) is 5.28 Å². The highest BCUT2D eigenvalue weighted by atomic mass is 35.5. The van der Waals surface area contributed by atoms with Crippen LogP contribution in [0.1, 0.15) is 0 Å². The molecule has 0 aliphatic rings. The maximum atomic E-state index is 6.02. The van der Waals surface area contributed by atoms with Crippen LogP contribution in [-0.4, -0.2) is 37.4 Å². The highest BCUT2D eigenvalue weighted by Gasteiger charge is 2.17. The van der Waals surface area contributed by atoms with Crippen LogP contribution < -0.4 is 9.21 Å². The fraction of sp³-hybridized carbons (Fsp3) is 0.500. The van der Waals surface area contributed by atoms with Gasteiger partial charge in [0.15, 0.2) is 11.0 Å². The molecule has 0 atom stereocenters. The summed E-state index contributed by atoms with van der Waals surface area (Å²) in [6.07, 6.45) is 1.95. The average molecular weight is 267 g/mol. The van der Waals surface area contributed by atoms with Crippen LogP contribution in [0.3, 0.4) is 0 Å². The zero-order valence-corrected chi connectivity index (χ0v) is 11.3. The fourth-order valence-electron chi connectivity index (χ4n) is 1.08. The van der Waals surface area contributed by atoms with Gasteiger partial charge in [0.25, 0.3) is 0 Å². The Morgan fingerprint density at radius 1 is 1.13 bits per heavy atom. The quantitative estimate of drug-likeness (QED) is 0.477. The summed E-state index contributed by atoms with van der Waals surface area (Å²) in [5, 5.41) is 0.511. The molecule has 0 aliphatic heterocycles. The van der Waals surface area contributed by atoms with E-state index in [1.54, 1.807) is 0 Å². The van der Waals surface area contributed by atoms with Gasteiger partial charge in [-0.1, -0.05) is 23.5 Å². The van der Waals surface area contributed by atoms with Gasteiger partial charge in [0, 0.05) is 27.4 Å². The van der Waals surface area contributed by atoms with E-state index in [0.717, 1.165) is 5.69 Å². The summed E-state index contributed by atoms with van der Waals surface area (Å²) in [5.41, 5.74) is 0.762. The summed E-state index contributed by atoms with van der Waals surface area (Å²) < 4.78 is 1.88. The van der Waals surface area contributed by atoms with Crippen LogP contribution in [0.4, 0.5) is 11.5 Å². The molecule has 0 saturated heterocycles. The summed E-state index contributed by atoms with van der Waals surface area (Å²) in [4.78, 5) is 9.94. The van der Waals surface area contributed by atoms with Crippen LogP contribution in [0.2, 0.25) is 10.4 Å². The molecular formula is C8H12Cl2N4S. The SMILES string of the molecule is CSN(C)c1nc(Cl)nc(Cl)c1N(C)C. The van der Waals surface area contributed by atoms with Crippen LogP contribution in [0, 0.1) is 0 Å². The second kappa shape index (κ2) is 5.09. The second-order valence-corrected chi connectivity index (χ2v) is 4.64. The van der Waals surface area contributed by atoms with Crippen molar-refractivity contribution in [1.82, 2.24) is 9.97 Å². The van der Waals surface area contributed by atoms with Gasteiger partial charge in [-0.15, -0.1) is 0 Å². The first-order valence-corrected chi connectivity index (χ1v) is 6.09. The van der Waals surface area contributed by atoms with E-state index in [0.29, 0.717) is 11.0 Å². The van der Waals surface area contributed by atoms with Crippen LogP contribution >= 0.6 is 35.1 Å². The average Bonchev–Trinajstić information content (AvgIpc) is 2.14. The second-order valence-electron chi connectivity index (χ2n) is 3.03. The van der Waals surface area contributed by atoms with Gasteiger partial charge in [0.2, 0.25) is 5.28 Å². The summed E-state index contributed by atoms with van der Waals surface area (Å²) in [7, 11) is 5.67. The standard InChI is InChI=1S/C8H12Cl2N4S/c1-13(2)5-6(9)11-8(10)12-7(5)14(3)15-4/h1-4H3. The molecule has 0 N–H and O–H groups in total. The maximum Gasteiger partial charge on any atom is 0.225 e. The molecule has 0 aromatic carbocycles. The van der Waals surface area contributed by atoms with Crippen molar-refractivity contribution >= 4 is 46.7 Å². The smallest absolute Gasteiger partial charge is 0.225 e. The molecule has 4 nitrogen and oxygen atoms in total. The van der Waals surface area contributed by atoms with Crippen molar-refractivity contribution in [2.45, 2.75) is 0 Å². The monoisotopic (exact) mass is 266 g/mol. The van der Waals surface area contributed by atoms with Gasteiger partial charge < -0.3 is 9.21 Å². The van der Waals surface area contributed by atoms with Gasteiger partial charge in [0.1, 0.15) is 5.69 Å². The van der Waals surface area contributed by atoms with E-state index >= 15 is 0 Å². The molecule has 1 heterocycles. The van der Waals surface area contributed by atoms with Crippen molar-refractivity contribution < 1.29 is 0 Å². The van der Waals surface area contributed by atoms with Crippen molar-refractivity contribution in [1.29, 1.82) is 0 Å². The largest absolute Gasteiger partial charge is 0.372 e. The third-order valence-electron chi connectivity index (χ3n) is 1.82. The Morgan fingerprint density at radius 2 is 1.73 bits per heavy atom. The summed E-state index contributed by atoms with van der Waals surface area (Å²) in [6.45, 7) is 0. The fourth-order valence-corrected chi connectivity index (χ4v) is 1.92. The Labute approximate surface area is 104 Å². The Morgan fingerprint density at radius 3 is 2.20 bits per heavy atom. The number of anilines is 2. The molecule has 0 saturated carbocycles. The van der Waals surface area contributed by atoms with Crippen LogP contribution in [-0.2, 0) is 0 Å². The number of nitrogens with zero attached hydrogens (tertiary/aromatic N) is 4. The number of aromatic nitrogens is 2. The molecule has 15 heavy (non-hydrogen) atoms. The molecule has 1 aromatic heterocycles. The molecule has 0 unspecified atom stereocenters. The minimum absolute atomic E-state index is 0.154. The van der Waals surface area contributed by atoms with Crippen LogP contribution in [0.15, 0.2) is 0 Å². The van der Waals surface area contributed by atoms with E-state index in [2.05, 4.69) is 9.97 Å². The highest BCUT2D eigenvalue weighted by molar-refractivity contribution is 7.99. The van der Waals surface area contributed by atoms with Crippen molar-refractivity contribution in [2.24, 2.45) is 0 Å². The minimum Gasteiger partial charge on any atom is -0.372 e. The van der Waals surface area contributed by atoms with Crippen molar-refractivity contribution in [2.75, 3.05) is 36.6 Å². The number of hydrogen-bond donors (Lipinski definition) is 0. The predicted octanol–water partition coefficient (Wildman–Crippen LogP) is 2.56. The zero-order valence-electron chi connectivity index (χ0n) is 8.95. The van der Waals surface area contributed by atoms with Crippen LogP contribution in [0.5, 0.6) is 0 Å². The molecule has 1 rings (SSSR count). The lowest BCUT2D eigenvalue weighted by Crippen LogP contribution is -2.17. The van der Waals surface area contributed by atoms with E-state index in [1.807, 2.05) is 36.6 Å². The number of hydrogen-bond acceptors (Lipinski definition) is 5. The maximum absolute atomic E-state index is 6.02. The molecule has 0 radical (unpaired) electrons. The van der Waals surface area contributed by atoms with Gasteiger partial charge in [-0.05, 0) is 11.6 Å². The molecule has 0 spiro atoms. The molecule has 0 bridgehead atoms. The molecule has 84 valence electrons. The molecule has 0 aliphatic carbocycles. The molecular weight excluding hydrogens is 255 g/mol. The topological polar surface area (TPSA) is 32.3 Å². The van der Waals surface area contributed by atoms with Gasteiger partial charge in [0.05, 0.1) is 0 Å². The van der Waals surface area contributed by atoms with Gasteiger partial charge in [-0.2, -0.15) is 4.98 Å². The van der Waals surface area contributed by atoms with Gasteiger partial charge in [-0.3, -0.25) is 0 Å². The van der Waals surface area contributed by atoms with Crippen LogP contribution in [0.25, 0.3) is 0 Å². The lowest BCUT2D eigenvalue weighted by atomic mass is 10.4. The van der Waals surface area contributed by atoms with Gasteiger partial charge >= 0.3 is 0 Å². The lowest BCUT2D eigenvalue weighted by molar-refractivity contribution is 1.05. The normalized spacial score (nSPS) is 10.3. The van der Waals surface area contributed by atoms with E-state index in [4.69, 9.17) is 23.2 Å². The highest BCUT2D eigenvalue weighted by Crippen LogP contribution is 2.34. The summed E-state index contributed by atoms with van der Waals surface area (Å²) >= 11 is 13.3. The Balaban J connectivity index is 3.33. The van der Waals surface area contributed by atoms with Crippen molar-refractivity contribution in [3.8, 4) is 0 Å². The minimum atomic E-state index is 0.154. The van der Waals surface area contributed by atoms with Gasteiger partial charge in [-0.25, -0.2) is 4.98 Å². The van der Waals surface area contributed by atoms with Crippen molar-refractivity contribution in [3.05, 3.63) is 10.4 Å². The van der Waals surface area contributed by atoms with E-state index in [9.17, 15) is 0 Å². The molecule has 0 amide bonds. The summed E-state index contributed by atoms with van der Waals surface area (Å²) in [6, 6.07) is 0. The third kappa shape index (κ3) is 2.80. The van der Waals surface area contributed by atoms with E-state index in [1.165, 1.54) is 11.9 Å². The number of halogens is 2. The predicted molar refractivity (Wildman–Crippen MR) is 68.3 cm³/mol. The summed E-state index contributed by atoms with van der Waals surface area (Å²) in [5.74, 6) is 0.706. The molecule has 1 aromatic rings. The Kier molecular flexibility index (Phi) is 4.31. The number of rotatable bonds is 3.